The number of benzene rings is 1. The van der Waals surface area contributed by atoms with Crippen LogP contribution in [0.2, 0.25) is 0 Å². The highest BCUT2D eigenvalue weighted by Gasteiger charge is 2.34. The summed E-state index contributed by atoms with van der Waals surface area (Å²) in [4.78, 5) is 5.92. The molecule has 2 heterocycles. The van der Waals surface area contributed by atoms with Crippen molar-refractivity contribution in [2.75, 3.05) is 6.54 Å². The van der Waals surface area contributed by atoms with E-state index in [4.69, 9.17) is 4.52 Å². The van der Waals surface area contributed by atoms with E-state index in [1.807, 2.05) is 4.90 Å². The van der Waals surface area contributed by atoms with E-state index >= 15 is 0 Å². The van der Waals surface area contributed by atoms with Gasteiger partial charge in [0.15, 0.2) is 5.82 Å². The molecule has 0 saturated carbocycles. The number of aliphatic hydroxyl groups excluding tert-OH is 1. The summed E-state index contributed by atoms with van der Waals surface area (Å²) in [6, 6.07) is 2.95. The first kappa shape index (κ1) is 14.1. The zero-order valence-electron chi connectivity index (χ0n) is 11.5. The SMILES string of the molecule is Cc1nc(CN2C[C@@H](O)C[C@H]2c2cc(F)ccc2F)no1. The molecule has 0 unspecified atom stereocenters. The van der Waals surface area contributed by atoms with Gasteiger partial charge in [0, 0.05) is 25.1 Å². The van der Waals surface area contributed by atoms with Gasteiger partial charge in [-0.25, -0.2) is 8.78 Å². The number of halogens is 2. The summed E-state index contributed by atoms with van der Waals surface area (Å²) < 4.78 is 32.2. The van der Waals surface area contributed by atoms with Crippen molar-refractivity contribution in [3.63, 3.8) is 0 Å². The maximum Gasteiger partial charge on any atom is 0.223 e. The standard InChI is InChI=1S/C14H15F2N3O2/c1-8-17-14(18-21-8)7-19-6-10(20)5-13(19)11-4-9(15)2-3-12(11)16/h2-4,10,13,20H,5-7H2,1H3/t10-,13-/m0/s1. The van der Waals surface area contributed by atoms with Crippen molar-refractivity contribution in [1.82, 2.24) is 15.0 Å². The molecule has 3 rings (SSSR count). The lowest BCUT2D eigenvalue weighted by atomic mass is 10.0. The van der Waals surface area contributed by atoms with Crippen molar-refractivity contribution >= 4 is 0 Å². The van der Waals surface area contributed by atoms with Crippen molar-refractivity contribution in [1.29, 1.82) is 0 Å². The summed E-state index contributed by atoms with van der Waals surface area (Å²) in [5.74, 6) is -0.0745. The molecule has 1 aromatic heterocycles. The molecule has 7 heteroatoms. The highest BCUT2D eigenvalue weighted by Crippen LogP contribution is 2.34. The first-order chi connectivity index (χ1) is 10.0. The largest absolute Gasteiger partial charge is 0.392 e. The number of aliphatic hydroxyl groups is 1. The molecule has 112 valence electrons. The third kappa shape index (κ3) is 2.93. The van der Waals surface area contributed by atoms with E-state index in [2.05, 4.69) is 10.1 Å². The number of β-amino-alcohol motifs (C(OH)–C–C–N with tert-alkyl or cyclic N) is 1. The summed E-state index contributed by atoms with van der Waals surface area (Å²) >= 11 is 0. The van der Waals surface area contributed by atoms with Crippen LogP contribution in [0.25, 0.3) is 0 Å². The van der Waals surface area contributed by atoms with E-state index in [9.17, 15) is 13.9 Å². The van der Waals surface area contributed by atoms with Crippen LogP contribution >= 0.6 is 0 Å². The minimum atomic E-state index is -0.592. The maximum atomic E-state index is 13.9. The monoisotopic (exact) mass is 295 g/mol. The fourth-order valence-electron chi connectivity index (χ4n) is 2.73. The second-order valence-electron chi connectivity index (χ2n) is 5.23. The molecule has 2 aromatic rings. The highest BCUT2D eigenvalue weighted by atomic mass is 19.1. The smallest absolute Gasteiger partial charge is 0.223 e. The number of hydrogen-bond donors (Lipinski definition) is 1. The van der Waals surface area contributed by atoms with Gasteiger partial charge in [0.05, 0.1) is 12.6 Å². The van der Waals surface area contributed by atoms with Crippen LogP contribution in [0, 0.1) is 18.6 Å². The Hall–Kier alpha value is -1.86. The van der Waals surface area contributed by atoms with Gasteiger partial charge in [0.25, 0.3) is 0 Å². The van der Waals surface area contributed by atoms with E-state index in [0.717, 1.165) is 12.1 Å². The van der Waals surface area contributed by atoms with Gasteiger partial charge >= 0.3 is 0 Å². The first-order valence-corrected chi connectivity index (χ1v) is 6.69. The Balaban J connectivity index is 1.86. The molecule has 1 aliphatic heterocycles. The average molecular weight is 295 g/mol. The number of rotatable bonds is 3. The third-order valence-corrected chi connectivity index (χ3v) is 3.61. The van der Waals surface area contributed by atoms with Gasteiger partial charge in [-0.1, -0.05) is 5.16 Å². The minimum Gasteiger partial charge on any atom is -0.392 e. The maximum absolute atomic E-state index is 13.9. The second-order valence-corrected chi connectivity index (χ2v) is 5.23. The Morgan fingerprint density at radius 3 is 2.95 bits per heavy atom. The van der Waals surface area contributed by atoms with Crippen molar-refractivity contribution in [3.8, 4) is 0 Å². The lowest BCUT2D eigenvalue weighted by Gasteiger charge is -2.23. The average Bonchev–Trinajstić information content (AvgIpc) is 2.99. The summed E-state index contributed by atoms with van der Waals surface area (Å²) in [6.07, 6.45) is -0.248. The van der Waals surface area contributed by atoms with Crippen LogP contribution < -0.4 is 0 Å². The number of nitrogens with zero attached hydrogens (tertiary/aromatic N) is 3. The Kier molecular flexibility index (Phi) is 3.69. The molecule has 21 heavy (non-hydrogen) atoms. The molecule has 0 radical (unpaired) electrons. The van der Waals surface area contributed by atoms with Crippen LogP contribution in [0.1, 0.15) is 29.7 Å². The molecular formula is C14H15F2N3O2. The second kappa shape index (κ2) is 5.50. The third-order valence-electron chi connectivity index (χ3n) is 3.61. The molecule has 1 aliphatic rings. The highest BCUT2D eigenvalue weighted by molar-refractivity contribution is 5.24. The summed E-state index contributed by atoms with van der Waals surface area (Å²) in [5, 5.41) is 13.6. The van der Waals surface area contributed by atoms with Gasteiger partial charge in [-0.2, -0.15) is 4.98 Å². The fourth-order valence-corrected chi connectivity index (χ4v) is 2.73. The Labute approximate surface area is 120 Å². The topological polar surface area (TPSA) is 62.4 Å². The van der Waals surface area contributed by atoms with Gasteiger partial charge in [-0.3, -0.25) is 4.90 Å². The van der Waals surface area contributed by atoms with Crippen LogP contribution in [0.15, 0.2) is 22.7 Å². The van der Waals surface area contributed by atoms with E-state index in [1.54, 1.807) is 6.92 Å². The molecular weight excluding hydrogens is 280 g/mol. The summed E-state index contributed by atoms with van der Waals surface area (Å²) in [6.45, 7) is 2.35. The summed E-state index contributed by atoms with van der Waals surface area (Å²) in [7, 11) is 0. The molecule has 1 N–H and O–H groups in total. The van der Waals surface area contributed by atoms with E-state index in [-0.39, 0.29) is 5.56 Å². The lowest BCUT2D eigenvalue weighted by molar-refractivity contribution is 0.170. The zero-order chi connectivity index (χ0) is 15.0. The molecule has 0 bridgehead atoms. The lowest BCUT2D eigenvalue weighted by Crippen LogP contribution is -2.25. The van der Waals surface area contributed by atoms with E-state index < -0.39 is 23.8 Å². The molecule has 0 aliphatic carbocycles. The van der Waals surface area contributed by atoms with Gasteiger partial charge in [0.2, 0.25) is 5.89 Å². The fraction of sp³-hybridized carbons (Fsp3) is 0.429. The van der Waals surface area contributed by atoms with Crippen molar-refractivity contribution in [3.05, 3.63) is 47.1 Å². The molecule has 2 atom stereocenters. The molecule has 1 saturated heterocycles. The van der Waals surface area contributed by atoms with Crippen molar-refractivity contribution < 1.29 is 18.4 Å². The number of hydrogen-bond acceptors (Lipinski definition) is 5. The van der Waals surface area contributed by atoms with Gasteiger partial charge in [-0.05, 0) is 24.6 Å². The van der Waals surface area contributed by atoms with E-state index in [1.165, 1.54) is 6.07 Å². The predicted octanol–water partition coefficient (Wildman–Crippen LogP) is 1.96. The van der Waals surface area contributed by atoms with Gasteiger partial charge in [-0.15, -0.1) is 0 Å². The number of aryl methyl sites for hydroxylation is 1. The van der Waals surface area contributed by atoms with Crippen LogP contribution in [0.3, 0.4) is 0 Å². The summed E-state index contributed by atoms with van der Waals surface area (Å²) in [5.41, 5.74) is 0.242. The predicted molar refractivity (Wildman–Crippen MR) is 69.2 cm³/mol. The molecule has 1 aromatic carbocycles. The molecule has 0 spiro atoms. The number of likely N-dealkylation sites (tertiary alicyclic amines) is 1. The first-order valence-electron chi connectivity index (χ1n) is 6.69. The van der Waals surface area contributed by atoms with Gasteiger partial charge in [0.1, 0.15) is 11.6 Å². The Morgan fingerprint density at radius 1 is 1.43 bits per heavy atom. The van der Waals surface area contributed by atoms with Crippen LogP contribution in [0.5, 0.6) is 0 Å². The Bertz CT molecular complexity index is 647. The molecule has 0 amide bonds. The van der Waals surface area contributed by atoms with Crippen LogP contribution in [-0.4, -0.2) is 32.8 Å². The van der Waals surface area contributed by atoms with Crippen LogP contribution in [0.4, 0.5) is 8.78 Å². The number of aromatic nitrogens is 2. The molecule has 1 fully saturated rings. The molecule has 5 nitrogen and oxygen atoms in total. The quantitative estimate of drug-likeness (QED) is 0.938. The normalized spacial score (nSPS) is 22.9. The van der Waals surface area contributed by atoms with E-state index in [0.29, 0.717) is 31.2 Å². The van der Waals surface area contributed by atoms with Gasteiger partial charge < -0.3 is 9.63 Å². The zero-order valence-corrected chi connectivity index (χ0v) is 11.5. The van der Waals surface area contributed by atoms with Crippen molar-refractivity contribution in [2.45, 2.75) is 32.0 Å². The Morgan fingerprint density at radius 2 is 2.24 bits per heavy atom. The van der Waals surface area contributed by atoms with Crippen molar-refractivity contribution in [2.24, 2.45) is 0 Å². The minimum absolute atomic E-state index is 0.242. The van der Waals surface area contributed by atoms with Crippen LogP contribution in [-0.2, 0) is 6.54 Å².